The van der Waals surface area contributed by atoms with Gasteiger partial charge in [-0.2, -0.15) is 0 Å². The first-order valence-electron chi connectivity index (χ1n) is 5.95. The van der Waals surface area contributed by atoms with Gasteiger partial charge in [0.1, 0.15) is 0 Å². The van der Waals surface area contributed by atoms with E-state index in [0.717, 1.165) is 38.8 Å². The highest BCUT2D eigenvalue weighted by Crippen LogP contribution is 2.31. The van der Waals surface area contributed by atoms with Gasteiger partial charge in [-0.05, 0) is 25.7 Å². The first kappa shape index (κ1) is 13.0. The Bertz CT molecular complexity index is 311. The number of hydrogen-bond acceptors (Lipinski definition) is 2. The number of piperidine rings is 1. The molecule has 0 unspecified atom stereocenters. The molecular weight excluding hydrogens is 263 g/mol. The molecule has 2 fully saturated rings. The van der Waals surface area contributed by atoms with Crippen molar-refractivity contribution in [2.45, 2.75) is 36.6 Å². The van der Waals surface area contributed by atoms with Crippen LogP contribution < -0.4 is 5.32 Å². The number of hydrogen-bond donors (Lipinski definition) is 1. The molecule has 1 aliphatic heterocycles. The van der Waals surface area contributed by atoms with Crippen molar-refractivity contribution in [3.05, 3.63) is 0 Å². The standard InChI is InChI=1S/C11H16Cl2N2O2/c12-9(13)10(16)14-8-3-5-15(6-4-8)11(17)7-1-2-7/h7-9H,1-6H2,(H,14,16). The second kappa shape index (κ2) is 5.44. The monoisotopic (exact) mass is 278 g/mol. The Hall–Kier alpha value is -0.480. The summed E-state index contributed by atoms with van der Waals surface area (Å²) in [6.45, 7) is 1.44. The summed E-state index contributed by atoms with van der Waals surface area (Å²) < 4.78 is 0. The summed E-state index contributed by atoms with van der Waals surface area (Å²) >= 11 is 10.9. The van der Waals surface area contributed by atoms with Gasteiger partial charge < -0.3 is 10.2 Å². The Morgan fingerprint density at radius 2 is 1.71 bits per heavy atom. The van der Waals surface area contributed by atoms with Crippen LogP contribution in [-0.2, 0) is 9.59 Å². The Balaban J connectivity index is 1.74. The fourth-order valence-electron chi connectivity index (χ4n) is 2.10. The van der Waals surface area contributed by atoms with Gasteiger partial charge in [-0.1, -0.05) is 23.2 Å². The fraction of sp³-hybridized carbons (Fsp3) is 0.818. The van der Waals surface area contributed by atoms with E-state index in [1.165, 1.54) is 0 Å². The molecule has 0 aromatic heterocycles. The van der Waals surface area contributed by atoms with Gasteiger partial charge in [0.25, 0.3) is 5.91 Å². The summed E-state index contributed by atoms with van der Waals surface area (Å²) in [5.41, 5.74) is 0. The normalized spacial score (nSPS) is 21.7. The first-order valence-corrected chi connectivity index (χ1v) is 6.82. The fourth-order valence-corrected chi connectivity index (χ4v) is 2.22. The maximum absolute atomic E-state index is 11.8. The summed E-state index contributed by atoms with van der Waals surface area (Å²) in [5.74, 6) is 0.207. The first-order chi connectivity index (χ1) is 8.08. The molecule has 6 heteroatoms. The maximum atomic E-state index is 11.8. The molecule has 0 atom stereocenters. The van der Waals surface area contributed by atoms with Gasteiger partial charge in [-0.25, -0.2) is 0 Å². The number of alkyl halides is 2. The zero-order valence-corrected chi connectivity index (χ0v) is 11.0. The highest BCUT2D eigenvalue weighted by atomic mass is 35.5. The second-order valence-electron chi connectivity index (χ2n) is 4.68. The van der Waals surface area contributed by atoms with Crippen LogP contribution in [0, 0.1) is 5.92 Å². The Morgan fingerprint density at radius 3 is 2.18 bits per heavy atom. The molecule has 0 radical (unpaired) electrons. The van der Waals surface area contributed by atoms with E-state index < -0.39 is 4.84 Å². The highest BCUT2D eigenvalue weighted by Gasteiger charge is 2.35. The summed E-state index contributed by atoms with van der Waals surface area (Å²) in [4.78, 5) is 24.0. The summed E-state index contributed by atoms with van der Waals surface area (Å²) in [6.07, 6.45) is 3.64. The maximum Gasteiger partial charge on any atom is 0.253 e. The lowest BCUT2D eigenvalue weighted by atomic mass is 10.0. The Kier molecular flexibility index (Phi) is 4.15. The van der Waals surface area contributed by atoms with Crippen molar-refractivity contribution in [1.29, 1.82) is 0 Å². The number of carbonyl (C=O) groups is 2. The second-order valence-corrected chi connectivity index (χ2v) is 5.78. The molecule has 1 saturated heterocycles. The van der Waals surface area contributed by atoms with Gasteiger partial charge in [-0.3, -0.25) is 9.59 Å². The van der Waals surface area contributed by atoms with E-state index in [2.05, 4.69) is 5.32 Å². The smallest absolute Gasteiger partial charge is 0.253 e. The van der Waals surface area contributed by atoms with Crippen LogP contribution >= 0.6 is 23.2 Å². The van der Waals surface area contributed by atoms with Gasteiger partial charge in [0, 0.05) is 25.0 Å². The van der Waals surface area contributed by atoms with Crippen molar-refractivity contribution in [2.24, 2.45) is 5.92 Å². The topological polar surface area (TPSA) is 49.4 Å². The van der Waals surface area contributed by atoms with E-state index in [9.17, 15) is 9.59 Å². The van der Waals surface area contributed by atoms with Crippen molar-refractivity contribution in [3.8, 4) is 0 Å². The summed E-state index contributed by atoms with van der Waals surface area (Å²) in [5, 5.41) is 2.78. The molecule has 0 spiro atoms. The largest absolute Gasteiger partial charge is 0.351 e. The minimum atomic E-state index is -1.01. The molecule has 0 aromatic carbocycles. The van der Waals surface area contributed by atoms with E-state index in [-0.39, 0.29) is 23.8 Å². The zero-order valence-electron chi connectivity index (χ0n) is 9.49. The van der Waals surface area contributed by atoms with Gasteiger partial charge in [0.2, 0.25) is 5.91 Å². The molecule has 1 N–H and O–H groups in total. The average molecular weight is 279 g/mol. The van der Waals surface area contributed by atoms with Crippen LogP contribution in [0.3, 0.4) is 0 Å². The Morgan fingerprint density at radius 1 is 1.12 bits per heavy atom. The van der Waals surface area contributed by atoms with Crippen LogP contribution in [0.5, 0.6) is 0 Å². The van der Waals surface area contributed by atoms with Gasteiger partial charge in [-0.15, -0.1) is 0 Å². The van der Waals surface area contributed by atoms with Gasteiger partial charge in [0.05, 0.1) is 0 Å². The lowest BCUT2D eigenvalue weighted by molar-refractivity contribution is -0.133. The molecular formula is C11H16Cl2N2O2. The molecule has 1 saturated carbocycles. The van der Waals surface area contributed by atoms with Crippen LogP contribution in [0.25, 0.3) is 0 Å². The lowest BCUT2D eigenvalue weighted by Crippen LogP contribution is -2.48. The number of rotatable bonds is 3. The van der Waals surface area contributed by atoms with Gasteiger partial charge in [0.15, 0.2) is 4.84 Å². The number of halogens is 2. The number of nitrogens with one attached hydrogen (secondary N) is 1. The molecule has 0 aromatic rings. The minimum Gasteiger partial charge on any atom is -0.351 e. The predicted octanol–water partition coefficient (Wildman–Crippen LogP) is 1.31. The van der Waals surface area contributed by atoms with Crippen molar-refractivity contribution in [2.75, 3.05) is 13.1 Å². The van der Waals surface area contributed by atoms with Crippen LogP contribution in [0.1, 0.15) is 25.7 Å². The van der Waals surface area contributed by atoms with Crippen LogP contribution in [0.2, 0.25) is 0 Å². The molecule has 4 nitrogen and oxygen atoms in total. The van der Waals surface area contributed by atoms with Gasteiger partial charge >= 0.3 is 0 Å². The van der Waals surface area contributed by atoms with Crippen molar-refractivity contribution in [1.82, 2.24) is 10.2 Å². The third-order valence-corrected chi connectivity index (χ3v) is 3.67. The SMILES string of the molecule is O=C(NC1CCN(C(=O)C2CC2)CC1)C(Cl)Cl. The van der Waals surface area contributed by atoms with Crippen LogP contribution in [0.4, 0.5) is 0 Å². The van der Waals surface area contributed by atoms with Crippen molar-refractivity contribution in [3.63, 3.8) is 0 Å². The molecule has 17 heavy (non-hydrogen) atoms. The minimum absolute atomic E-state index is 0.0887. The Labute approximate surface area is 111 Å². The average Bonchev–Trinajstić information content (AvgIpc) is 3.13. The predicted molar refractivity (Wildman–Crippen MR) is 66.0 cm³/mol. The van der Waals surface area contributed by atoms with Crippen LogP contribution in [0.15, 0.2) is 0 Å². The molecule has 0 bridgehead atoms. The van der Waals surface area contributed by atoms with Crippen molar-refractivity contribution >= 4 is 35.0 Å². The van der Waals surface area contributed by atoms with E-state index in [1.807, 2.05) is 4.90 Å². The van der Waals surface area contributed by atoms with Crippen LogP contribution in [-0.4, -0.2) is 40.7 Å². The number of nitrogens with zero attached hydrogens (tertiary/aromatic N) is 1. The molecule has 2 rings (SSSR count). The van der Waals surface area contributed by atoms with E-state index in [1.54, 1.807) is 0 Å². The number of amides is 2. The van der Waals surface area contributed by atoms with Crippen molar-refractivity contribution < 1.29 is 9.59 Å². The zero-order chi connectivity index (χ0) is 12.4. The quantitative estimate of drug-likeness (QED) is 0.792. The summed E-state index contributed by atoms with van der Waals surface area (Å²) in [7, 11) is 0. The molecule has 96 valence electrons. The lowest BCUT2D eigenvalue weighted by Gasteiger charge is -2.32. The third-order valence-electron chi connectivity index (χ3n) is 3.28. The van der Waals surface area contributed by atoms with E-state index in [0.29, 0.717) is 0 Å². The summed E-state index contributed by atoms with van der Waals surface area (Å²) in [6, 6.07) is 0.0887. The third kappa shape index (κ3) is 3.49. The molecule has 1 aliphatic carbocycles. The number of likely N-dealkylation sites (tertiary alicyclic amines) is 1. The molecule has 2 amide bonds. The van der Waals surface area contributed by atoms with E-state index >= 15 is 0 Å². The highest BCUT2D eigenvalue weighted by molar-refractivity contribution is 6.53. The number of carbonyl (C=O) groups excluding carboxylic acids is 2. The molecule has 2 aliphatic rings. The van der Waals surface area contributed by atoms with E-state index in [4.69, 9.17) is 23.2 Å². The molecule has 1 heterocycles.